The average molecular weight is 291 g/mol. The Morgan fingerprint density at radius 3 is 2.27 bits per heavy atom. The van der Waals surface area contributed by atoms with Crippen LogP contribution in [0.5, 0.6) is 0 Å². The number of hydrogen-bond acceptors (Lipinski definition) is 2. The van der Waals surface area contributed by atoms with Gasteiger partial charge in [-0.25, -0.2) is 0 Å². The van der Waals surface area contributed by atoms with Crippen molar-refractivity contribution in [3.63, 3.8) is 0 Å². The Morgan fingerprint density at radius 1 is 1.27 bits per heavy atom. The van der Waals surface area contributed by atoms with Crippen molar-refractivity contribution >= 4 is 23.3 Å². The van der Waals surface area contributed by atoms with Crippen LogP contribution < -0.4 is 0 Å². The first-order valence-corrected chi connectivity index (χ1v) is 7.98. The normalized spacial score (nSPS) is 13.8. The highest BCUT2D eigenvalue weighted by Gasteiger charge is 2.22. The molecule has 0 heterocycles. The molecular weight excluding hydrogens is 275 g/mol. The molecule has 1 aromatic rings. The van der Waals surface area contributed by atoms with Gasteiger partial charge in [0, 0.05) is 12.3 Å². The lowest BCUT2D eigenvalue weighted by atomic mass is 10.2. The van der Waals surface area contributed by atoms with Crippen LogP contribution in [-0.2, 0) is 9.09 Å². The number of rotatable bonds is 5. The van der Waals surface area contributed by atoms with Crippen molar-refractivity contribution in [2.75, 3.05) is 12.3 Å². The van der Waals surface area contributed by atoms with Crippen LogP contribution in [0.4, 0.5) is 0 Å². The maximum atomic E-state index is 12.1. The molecule has 4 heteroatoms. The first-order valence-electron chi connectivity index (χ1n) is 5.07. The van der Waals surface area contributed by atoms with Crippen molar-refractivity contribution < 1.29 is 9.09 Å². The van der Waals surface area contributed by atoms with E-state index in [-0.39, 0.29) is 5.01 Å². The predicted octanol–water partition coefficient (Wildman–Crippen LogP) is 4.41. The van der Waals surface area contributed by atoms with E-state index < -0.39 is 7.37 Å². The van der Waals surface area contributed by atoms with E-state index in [0.717, 1.165) is 5.56 Å². The molecule has 0 fully saturated rings. The third-order valence-electron chi connectivity index (χ3n) is 2.31. The summed E-state index contributed by atoms with van der Waals surface area (Å²) in [6, 6.07) is 9.73. The lowest BCUT2D eigenvalue weighted by Gasteiger charge is -2.19. The van der Waals surface area contributed by atoms with Crippen LogP contribution in [0.3, 0.4) is 0 Å². The smallest absolute Gasteiger partial charge is 0.204 e. The van der Waals surface area contributed by atoms with E-state index in [1.54, 1.807) is 0 Å². The third-order valence-corrected chi connectivity index (χ3v) is 5.84. The van der Waals surface area contributed by atoms with Crippen LogP contribution in [0.25, 0.3) is 0 Å². The molecule has 15 heavy (non-hydrogen) atoms. The number of halogens is 1. The molecule has 0 bridgehead atoms. The summed E-state index contributed by atoms with van der Waals surface area (Å²) < 4.78 is 17.7. The first-order chi connectivity index (χ1) is 7.11. The van der Waals surface area contributed by atoms with Crippen molar-refractivity contribution in [2.45, 2.75) is 18.9 Å². The zero-order valence-electron chi connectivity index (χ0n) is 9.02. The van der Waals surface area contributed by atoms with Gasteiger partial charge >= 0.3 is 0 Å². The monoisotopic (exact) mass is 290 g/mol. The standard InChI is InChI=1S/C11H16BrO2P/c1-3-15(13,4-2)14-11(12)10-8-6-5-7-9-10/h5-9,11H,3-4H2,1-2H3. The van der Waals surface area contributed by atoms with Gasteiger partial charge < -0.3 is 4.52 Å². The van der Waals surface area contributed by atoms with Crippen LogP contribution in [0, 0.1) is 0 Å². The van der Waals surface area contributed by atoms with Crippen LogP contribution in [-0.4, -0.2) is 12.3 Å². The molecule has 0 N–H and O–H groups in total. The number of benzene rings is 1. The molecular formula is C11H16BrO2P. The van der Waals surface area contributed by atoms with E-state index in [2.05, 4.69) is 15.9 Å². The second kappa shape index (κ2) is 5.83. The van der Waals surface area contributed by atoms with Crippen LogP contribution in [0.2, 0.25) is 0 Å². The minimum absolute atomic E-state index is 0.274. The summed E-state index contributed by atoms with van der Waals surface area (Å²) in [7, 11) is -2.45. The van der Waals surface area contributed by atoms with Crippen molar-refractivity contribution in [1.29, 1.82) is 0 Å². The zero-order chi connectivity index (χ0) is 11.3. The molecule has 0 saturated heterocycles. The topological polar surface area (TPSA) is 26.3 Å². The molecule has 0 spiro atoms. The Balaban J connectivity index is 2.71. The molecule has 0 radical (unpaired) electrons. The minimum atomic E-state index is -2.45. The zero-order valence-corrected chi connectivity index (χ0v) is 11.5. The minimum Gasteiger partial charge on any atom is -0.309 e. The summed E-state index contributed by atoms with van der Waals surface area (Å²) >= 11 is 3.41. The Hall–Kier alpha value is -0.110. The summed E-state index contributed by atoms with van der Waals surface area (Å²) in [6.45, 7) is 3.80. The summed E-state index contributed by atoms with van der Waals surface area (Å²) in [5, 5.41) is -0.274. The summed E-state index contributed by atoms with van der Waals surface area (Å²) in [5.41, 5.74) is 1.000. The molecule has 1 rings (SSSR count). The lowest BCUT2D eigenvalue weighted by Crippen LogP contribution is -1.99. The van der Waals surface area contributed by atoms with Crippen molar-refractivity contribution in [1.82, 2.24) is 0 Å². The first kappa shape index (κ1) is 13.0. The van der Waals surface area contributed by atoms with Gasteiger partial charge in [-0.05, 0) is 5.56 Å². The molecule has 0 saturated carbocycles. The average Bonchev–Trinajstić information content (AvgIpc) is 2.30. The Kier molecular flexibility index (Phi) is 5.04. The van der Waals surface area contributed by atoms with E-state index in [9.17, 15) is 4.57 Å². The molecule has 0 aliphatic heterocycles. The second-order valence-electron chi connectivity index (χ2n) is 3.28. The van der Waals surface area contributed by atoms with Crippen LogP contribution in [0.15, 0.2) is 30.3 Å². The highest BCUT2D eigenvalue weighted by atomic mass is 79.9. The van der Waals surface area contributed by atoms with E-state index in [1.165, 1.54) is 0 Å². The molecule has 2 nitrogen and oxygen atoms in total. The van der Waals surface area contributed by atoms with Crippen molar-refractivity contribution in [3.8, 4) is 0 Å². The molecule has 1 unspecified atom stereocenters. The van der Waals surface area contributed by atoms with E-state index in [1.807, 2.05) is 44.2 Å². The molecule has 0 aromatic heterocycles. The van der Waals surface area contributed by atoms with Gasteiger partial charge in [0.25, 0.3) is 0 Å². The molecule has 0 aliphatic carbocycles. The summed E-state index contributed by atoms with van der Waals surface area (Å²) in [4.78, 5) is 0. The summed E-state index contributed by atoms with van der Waals surface area (Å²) in [6.07, 6.45) is 1.16. The molecule has 1 atom stereocenters. The van der Waals surface area contributed by atoms with Gasteiger partial charge in [0.15, 0.2) is 0 Å². The molecule has 0 aliphatic rings. The van der Waals surface area contributed by atoms with Crippen molar-refractivity contribution in [2.24, 2.45) is 0 Å². The third kappa shape index (κ3) is 3.75. The van der Waals surface area contributed by atoms with Crippen LogP contribution in [0.1, 0.15) is 24.4 Å². The number of hydrogen-bond donors (Lipinski definition) is 0. The SMILES string of the molecule is CCP(=O)(CC)OC(Br)c1ccccc1. The second-order valence-corrected chi connectivity index (χ2v) is 7.22. The molecule has 84 valence electrons. The largest absolute Gasteiger partial charge is 0.309 e. The van der Waals surface area contributed by atoms with E-state index in [0.29, 0.717) is 12.3 Å². The van der Waals surface area contributed by atoms with Gasteiger partial charge in [0.2, 0.25) is 7.37 Å². The van der Waals surface area contributed by atoms with E-state index in [4.69, 9.17) is 4.52 Å². The van der Waals surface area contributed by atoms with Gasteiger partial charge in [-0.15, -0.1) is 0 Å². The Morgan fingerprint density at radius 2 is 1.80 bits per heavy atom. The number of alkyl halides is 1. The fourth-order valence-corrected chi connectivity index (χ4v) is 3.63. The van der Waals surface area contributed by atoms with Crippen molar-refractivity contribution in [3.05, 3.63) is 35.9 Å². The predicted molar refractivity (Wildman–Crippen MR) is 67.9 cm³/mol. The molecule has 0 amide bonds. The fourth-order valence-electron chi connectivity index (χ4n) is 1.21. The molecule has 1 aromatic carbocycles. The highest BCUT2D eigenvalue weighted by Crippen LogP contribution is 2.51. The maximum Gasteiger partial charge on any atom is 0.204 e. The van der Waals surface area contributed by atoms with Gasteiger partial charge in [0.1, 0.15) is 5.01 Å². The Bertz CT molecular complexity index is 332. The van der Waals surface area contributed by atoms with Gasteiger partial charge in [-0.2, -0.15) is 0 Å². The summed E-state index contributed by atoms with van der Waals surface area (Å²) in [5.74, 6) is 0. The maximum absolute atomic E-state index is 12.1. The van der Waals surface area contributed by atoms with Gasteiger partial charge in [-0.3, -0.25) is 4.57 Å². The lowest BCUT2D eigenvalue weighted by molar-refractivity contribution is 0.300. The van der Waals surface area contributed by atoms with Crippen LogP contribution >= 0.6 is 23.3 Å². The fraction of sp³-hybridized carbons (Fsp3) is 0.455. The van der Waals surface area contributed by atoms with E-state index >= 15 is 0 Å². The Labute approximate surface area is 99.6 Å². The van der Waals surface area contributed by atoms with Gasteiger partial charge in [-0.1, -0.05) is 60.1 Å². The highest BCUT2D eigenvalue weighted by molar-refractivity contribution is 9.09. The van der Waals surface area contributed by atoms with Gasteiger partial charge in [0.05, 0.1) is 0 Å². The quantitative estimate of drug-likeness (QED) is 0.593.